The van der Waals surface area contributed by atoms with Gasteiger partial charge < -0.3 is 10.5 Å². The van der Waals surface area contributed by atoms with Crippen molar-refractivity contribution in [2.24, 2.45) is 5.73 Å². The SMILES string of the molecule is CC(N)c1ccccc1OCc1cccc(F)c1. The van der Waals surface area contributed by atoms with E-state index in [1.807, 2.05) is 37.3 Å². The number of halogens is 1. The molecule has 0 heterocycles. The van der Waals surface area contributed by atoms with Gasteiger partial charge in [-0.15, -0.1) is 0 Å². The molecule has 0 aliphatic carbocycles. The van der Waals surface area contributed by atoms with Crippen LogP contribution in [-0.2, 0) is 6.61 Å². The van der Waals surface area contributed by atoms with E-state index in [9.17, 15) is 4.39 Å². The van der Waals surface area contributed by atoms with Gasteiger partial charge >= 0.3 is 0 Å². The molecule has 0 saturated heterocycles. The maximum absolute atomic E-state index is 13.0. The lowest BCUT2D eigenvalue weighted by Crippen LogP contribution is -2.08. The lowest BCUT2D eigenvalue weighted by molar-refractivity contribution is 0.301. The molecule has 18 heavy (non-hydrogen) atoms. The van der Waals surface area contributed by atoms with E-state index in [0.717, 1.165) is 16.9 Å². The first-order valence-corrected chi connectivity index (χ1v) is 5.88. The summed E-state index contributed by atoms with van der Waals surface area (Å²) < 4.78 is 18.7. The average Bonchev–Trinajstić information content (AvgIpc) is 2.37. The van der Waals surface area contributed by atoms with Gasteiger partial charge in [-0.1, -0.05) is 30.3 Å². The summed E-state index contributed by atoms with van der Waals surface area (Å²) >= 11 is 0. The van der Waals surface area contributed by atoms with Crippen LogP contribution >= 0.6 is 0 Å². The van der Waals surface area contributed by atoms with Gasteiger partial charge in [0.05, 0.1) is 0 Å². The van der Waals surface area contributed by atoms with Crippen molar-refractivity contribution in [2.75, 3.05) is 0 Å². The van der Waals surface area contributed by atoms with Crippen molar-refractivity contribution >= 4 is 0 Å². The monoisotopic (exact) mass is 245 g/mol. The summed E-state index contributed by atoms with van der Waals surface area (Å²) in [6, 6.07) is 13.9. The van der Waals surface area contributed by atoms with Crippen LogP contribution in [0.3, 0.4) is 0 Å². The molecule has 3 heteroatoms. The van der Waals surface area contributed by atoms with Gasteiger partial charge in [-0.05, 0) is 30.7 Å². The largest absolute Gasteiger partial charge is 0.489 e. The van der Waals surface area contributed by atoms with Crippen molar-refractivity contribution in [1.82, 2.24) is 0 Å². The molecule has 0 spiro atoms. The molecule has 0 saturated carbocycles. The molecule has 0 aromatic heterocycles. The van der Waals surface area contributed by atoms with Gasteiger partial charge in [0, 0.05) is 11.6 Å². The van der Waals surface area contributed by atoms with Crippen molar-refractivity contribution < 1.29 is 9.13 Å². The van der Waals surface area contributed by atoms with Crippen LogP contribution in [-0.4, -0.2) is 0 Å². The van der Waals surface area contributed by atoms with Crippen LogP contribution in [0, 0.1) is 5.82 Å². The maximum Gasteiger partial charge on any atom is 0.124 e. The van der Waals surface area contributed by atoms with E-state index in [2.05, 4.69) is 0 Å². The standard InChI is InChI=1S/C15H16FNO/c1-11(17)14-7-2-3-8-15(14)18-10-12-5-4-6-13(16)9-12/h2-9,11H,10,17H2,1H3. The molecular formula is C15H16FNO. The fourth-order valence-electron chi connectivity index (χ4n) is 1.78. The van der Waals surface area contributed by atoms with Crippen molar-refractivity contribution in [3.05, 3.63) is 65.5 Å². The Bertz CT molecular complexity index is 525. The van der Waals surface area contributed by atoms with E-state index in [1.54, 1.807) is 6.07 Å². The van der Waals surface area contributed by atoms with Crippen LogP contribution in [0.5, 0.6) is 5.75 Å². The first kappa shape index (κ1) is 12.6. The van der Waals surface area contributed by atoms with Gasteiger partial charge in [-0.2, -0.15) is 0 Å². The summed E-state index contributed by atoms with van der Waals surface area (Å²) in [4.78, 5) is 0. The number of ether oxygens (including phenoxy) is 1. The Hall–Kier alpha value is -1.87. The van der Waals surface area contributed by atoms with Gasteiger partial charge in [0.15, 0.2) is 0 Å². The second kappa shape index (κ2) is 5.65. The van der Waals surface area contributed by atoms with Gasteiger partial charge in [0.25, 0.3) is 0 Å². The van der Waals surface area contributed by atoms with Crippen molar-refractivity contribution in [1.29, 1.82) is 0 Å². The molecule has 2 N–H and O–H groups in total. The average molecular weight is 245 g/mol. The molecule has 2 rings (SSSR count). The van der Waals surface area contributed by atoms with E-state index in [1.165, 1.54) is 12.1 Å². The quantitative estimate of drug-likeness (QED) is 0.895. The third-order valence-electron chi connectivity index (χ3n) is 2.69. The molecule has 2 nitrogen and oxygen atoms in total. The number of hydrogen-bond donors (Lipinski definition) is 1. The zero-order chi connectivity index (χ0) is 13.0. The van der Waals surface area contributed by atoms with E-state index in [-0.39, 0.29) is 11.9 Å². The first-order valence-electron chi connectivity index (χ1n) is 5.88. The van der Waals surface area contributed by atoms with Crippen LogP contribution in [0.25, 0.3) is 0 Å². The summed E-state index contributed by atoms with van der Waals surface area (Å²) in [7, 11) is 0. The van der Waals surface area contributed by atoms with E-state index < -0.39 is 0 Å². The Morgan fingerprint density at radius 1 is 1.17 bits per heavy atom. The highest BCUT2D eigenvalue weighted by atomic mass is 19.1. The molecule has 94 valence electrons. The fourth-order valence-corrected chi connectivity index (χ4v) is 1.78. The predicted molar refractivity (Wildman–Crippen MR) is 69.8 cm³/mol. The van der Waals surface area contributed by atoms with Crippen molar-refractivity contribution in [3.63, 3.8) is 0 Å². The molecule has 1 unspecified atom stereocenters. The van der Waals surface area contributed by atoms with Gasteiger partial charge in [-0.25, -0.2) is 4.39 Å². The summed E-state index contributed by atoms with van der Waals surface area (Å²) in [5.74, 6) is 0.494. The number of para-hydroxylation sites is 1. The number of hydrogen-bond acceptors (Lipinski definition) is 2. The zero-order valence-electron chi connectivity index (χ0n) is 10.3. The molecular weight excluding hydrogens is 229 g/mol. The Kier molecular flexibility index (Phi) is 3.95. The highest BCUT2D eigenvalue weighted by Crippen LogP contribution is 2.24. The maximum atomic E-state index is 13.0. The van der Waals surface area contributed by atoms with E-state index >= 15 is 0 Å². The van der Waals surface area contributed by atoms with E-state index in [4.69, 9.17) is 10.5 Å². The summed E-state index contributed by atoms with van der Waals surface area (Å²) in [6.07, 6.45) is 0. The number of rotatable bonds is 4. The normalized spacial score (nSPS) is 12.2. The van der Waals surface area contributed by atoms with Crippen LogP contribution < -0.4 is 10.5 Å². The zero-order valence-corrected chi connectivity index (χ0v) is 10.3. The molecule has 1 atom stereocenters. The topological polar surface area (TPSA) is 35.2 Å². The minimum absolute atomic E-state index is 0.0892. The first-order chi connectivity index (χ1) is 8.66. The third kappa shape index (κ3) is 3.08. The smallest absolute Gasteiger partial charge is 0.124 e. The van der Waals surface area contributed by atoms with Crippen LogP contribution in [0.1, 0.15) is 24.1 Å². The molecule has 0 fully saturated rings. The van der Waals surface area contributed by atoms with Gasteiger partial charge in [-0.3, -0.25) is 0 Å². The predicted octanol–water partition coefficient (Wildman–Crippen LogP) is 3.42. The van der Waals surface area contributed by atoms with Crippen LogP contribution in [0.4, 0.5) is 4.39 Å². The Morgan fingerprint density at radius 3 is 2.67 bits per heavy atom. The summed E-state index contributed by atoms with van der Waals surface area (Å²) in [6.45, 7) is 2.24. The summed E-state index contributed by atoms with van der Waals surface area (Å²) in [5.41, 5.74) is 7.62. The van der Waals surface area contributed by atoms with E-state index in [0.29, 0.717) is 6.61 Å². The molecule has 0 radical (unpaired) electrons. The highest BCUT2D eigenvalue weighted by molar-refractivity contribution is 5.35. The van der Waals surface area contributed by atoms with Crippen molar-refractivity contribution in [3.8, 4) is 5.75 Å². The second-order valence-corrected chi connectivity index (χ2v) is 4.25. The molecule has 2 aromatic carbocycles. The fraction of sp³-hybridized carbons (Fsp3) is 0.200. The number of benzene rings is 2. The molecule has 2 aromatic rings. The molecule has 0 bridgehead atoms. The lowest BCUT2D eigenvalue weighted by Gasteiger charge is -2.13. The third-order valence-corrected chi connectivity index (χ3v) is 2.69. The molecule has 0 aliphatic rings. The minimum atomic E-state index is -0.253. The Morgan fingerprint density at radius 2 is 1.94 bits per heavy atom. The van der Waals surface area contributed by atoms with Crippen LogP contribution in [0.2, 0.25) is 0 Å². The molecule has 0 aliphatic heterocycles. The lowest BCUT2D eigenvalue weighted by atomic mass is 10.1. The Labute approximate surface area is 106 Å². The van der Waals surface area contributed by atoms with Crippen molar-refractivity contribution in [2.45, 2.75) is 19.6 Å². The van der Waals surface area contributed by atoms with Crippen LogP contribution in [0.15, 0.2) is 48.5 Å². The number of nitrogens with two attached hydrogens (primary N) is 1. The van der Waals surface area contributed by atoms with Gasteiger partial charge in [0.1, 0.15) is 18.2 Å². The minimum Gasteiger partial charge on any atom is -0.489 e. The second-order valence-electron chi connectivity index (χ2n) is 4.25. The van der Waals surface area contributed by atoms with Gasteiger partial charge in [0.2, 0.25) is 0 Å². The summed E-state index contributed by atoms with van der Waals surface area (Å²) in [5, 5.41) is 0. The highest BCUT2D eigenvalue weighted by Gasteiger charge is 2.07. The Balaban J connectivity index is 2.11. The molecule has 0 amide bonds.